The molecule has 14 heteroatoms. The molecule has 1 aromatic heterocycles. The van der Waals surface area contributed by atoms with Gasteiger partial charge in [0, 0.05) is 29.9 Å². The minimum atomic E-state index is -1.50. The first kappa shape index (κ1) is 30.8. The highest BCUT2D eigenvalue weighted by Gasteiger charge is 2.32. The lowest BCUT2D eigenvalue weighted by Gasteiger charge is -2.25. The van der Waals surface area contributed by atoms with Crippen molar-refractivity contribution in [3.8, 4) is 0 Å². The van der Waals surface area contributed by atoms with E-state index in [4.69, 9.17) is 16.6 Å². The number of fused-ring (bicyclic) bond motifs is 1. The average Bonchev–Trinajstić information content (AvgIpc) is 3.27. The van der Waals surface area contributed by atoms with Crippen molar-refractivity contribution in [3.05, 3.63) is 36.0 Å². The van der Waals surface area contributed by atoms with E-state index in [1.54, 1.807) is 44.3 Å². The summed E-state index contributed by atoms with van der Waals surface area (Å²) in [5.74, 6) is -6.51. The summed E-state index contributed by atoms with van der Waals surface area (Å²) in [4.78, 5) is 76.1. The second kappa shape index (κ2) is 13.9. The number of nitrogens with one attached hydrogen (secondary N) is 4. The molecule has 14 nitrogen and oxygen atoms in total. The molecule has 0 saturated heterocycles. The highest BCUT2D eigenvalue weighted by Crippen LogP contribution is 2.19. The van der Waals surface area contributed by atoms with Crippen LogP contribution in [0, 0.1) is 5.92 Å². The quantitative estimate of drug-likeness (QED) is 0.136. The fourth-order valence-corrected chi connectivity index (χ4v) is 3.78. The minimum Gasteiger partial charge on any atom is -0.481 e. The average molecular weight is 547 g/mol. The van der Waals surface area contributed by atoms with Crippen LogP contribution in [0.4, 0.5) is 0 Å². The van der Waals surface area contributed by atoms with Crippen LogP contribution in [0.5, 0.6) is 0 Å². The second-order valence-corrected chi connectivity index (χ2v) is 9.46. The number of aliphatic carboxylic acids is 2. The number of benzene rings is 1. The van der Waals surface area contributed by atoms with Crippen molar-refractivity contribution in [2.45, 2.75) is 63.7 Å². The highest BCUT2D eigenvalue weighted by atomic mass is 16.4. The molecule has 0 fully saturated rings. The number of hydrogen-bond donors (Lipinski definition) is 8. The van der Waals surface area contributed by atoms with Crippen LogP contribution in [-0.2, 0) is 35.2 Å². The summed E-state index contributed by atoms with van der Waals surface area (Å²) in [6.07, 6.45) is -0.0276. The number of carbonyl (C=O) groups excluding carboxylic acids is 4. The first-order valence-corrected chi connectivity index (χ1v) is 12.2. The largest absolute Gasteiger partial charge is 0.481 e. The van der Waals surface area contributed by atoms with Crippen molar-refractivity contribution in [1.29, 1.82) is 0 Å². The molecule has 212 valence electrons. The number of para-hydroxylation sites is 1. The highest BCUT2D eigenvalue weighted by molar-refractivity contribution is 5.96. The van der Waals surface area contributed by atoms with Gasteiger partial charge in [0.1, 0.15) is 18.1 Å². The van der Waals surface area contributed by atoms with E-state index < -0.39 is 79.0 Å². The third kappa shape index (κ3) is 9.10. The van der Waals surface area contributed by atoms with Crippen LogP contribution in [-0.4, -0.2) is 74.9 Å². The van der Waals surface area contributed by atoms with E-state index in [1.165, 1.54) is 0 Å². The molecule has 0 aliphatic carbocycles. The minimum absolute atomic E-state index is 0.0991. The van der Waals surface area contributed by atoms with Crippen LogP contribution in [0.3, 0.4) is 0 Å². The Morgan fingerprint density at radius 3 is 2.08 bits per heavy atom. The van der Waals surface area contributed by atoms with Gasteiger partial charge in [0.15, 0.2) is 0 Å². The molecule has 0 spiro atoms. The molecular formula is C25H34N6O8. The van der Waals surface area contributed by atoms with Gasteiger partial charge in [0.25, 0.3) is 0 Å². The maximum Gasteiger partial charge on any atom is 0.326 e. The van der Waals surface area contributed by atoms with Crippen LogP contribution in [0.1, 0.15) is 38.7 Å². The predicted octanol–water partition coefficient (Wildman–Crippen LogP) is -1.03. The summed E-state index contributed by atoms with van der Waals surface area (Å²) in [7, 11) is 0. The number of amides is 4. The number of carboxylic acid groups (broad SMARTS) is 2. The Labute approximate surface area is 223 Å². The molecular weight excluding hydrogens is 512 g/mol. The lowest BCUT2D eigenvalue weighted by Crippen LogP contribution is -2.58. The lowest BCUT2D eigenvalue weighted by molar-refractivity contribution is -0.143. The zero-order chi connectivity index (χ0) is 29.3. The molecule has 0 radical (unpaired) electrons. The fraction of sp³-hybridized carbons (Fsp3) is 0.440. The Morgan fingerprint density at radius 1 is 0.897 bits per heavy atom. The van der Waals surface area contributed by atoms with Crippen LogP contribution in [0.15, 0.2) is 30.5 Å². The first-order chi connectivity index (χ1) is 18.3. The van der Waals surface area contributed by atoms with Gasteiger partial charge in [-0.25, -0.2) is 4.79 Å². The second-order valence-electron chi connectivity index (χ2n) is 9.46. The van der Waals surface area contributed by atoms with Gasteiger partial charge < -0.3 is 42.6 Å². The summed E-state index contributed by atoms with van der Waals surface area (Å²) >= 11 is 0. The van der Waals surface area contributed by atoms with E-state index in [9.17, 15) is 33.9 Å². The van der Waals surface area contributed by atoms with Gasteiger partial charge in [-0.3, -0.25) is 24.0 Å². The van der Waals surface area contributed by atoms with Gasteiger partial charge >= 0.3 is 11.9 Å². The molecule has 4 amide bonds. The fourth-order valence-electron chi connectivity index (χ4n) is 3.78. The molecule has 1 aromatic carbocycles. The van der Waals surface area contributed by atoms with Crippen molar-refractivity contribution in [2.24, 2.45) is 17.4 Å². The molecule has 4 unspecified atom stereocenters. The summed E-state index contributed by atoms with van der Waals surface area (Å²) in [5.41, 5.74) is 12.4. The summed E-state index contributed by atoms with van der Waals surface area (Å²) in [5, 5.41) is 26.6. The number of H-pyrrole nitrogens is 1. The monoisotopic (exact) mass is 546 g/mol. The van der Waals surface area contributed by atoms with Crippen molar-refractivity contribution in [3.63, 3.8) is 0 Å². The van der Waals surface area contributed by atoms with Gasteiger partial charge in [0.2, 0.25) is 23.6 Å². The Balaban J connectivity index is 2.22. The zero-order valence-electron chi connectivity index (χ0n) is 21.6. The van der Waals surface area contributed by atoms with E-state index >= 15 is 0 Å². The van der Waals surface area contributed by atoms with Crippen molar-refractivity contribution in [2.75, 3.05) is 0 Å². The Morgan fingerprint density at radius 2 is 1.49 bits per heavy atom. The summed E-state index contributed by atoms with van der Waals surface area (Å²) in [6.45, 7) is 3.35. The zero-order valence-corrected chi connectivity index (χ0v) is 21.6. The molecule has 0 aliphatic rings. The number of hydrogen-bond acceptors (Lipinski definition) is 7. The molecule has 2 aromatic rings. The number of primary amides is 1. The van der Waals surface area contributed by atoms with Gasteiger partial charge in [-0.2, -0.15) is 0 Å². The smallest absolute Gasteiger partial charge is 0.326 e. The molecule has 10 N–H and O–H groups in total. The third-order valence-corrected chi connectivity index (χ3v) is 6.05. The molecule has 4 atom stereocenters. The molecule has 0 bridgehead atoms. The van der Waals surface area contributed by atoms with Gasteiger partial charge in [-0.05, 0) is 24.0 Å². The number of carboxylic acids is 2. The molecule has 2 rings (SSSR count). The van der Waals surface area contributed by atoms with E-state index in [2.05, 4.69) is 20.9 Å². The van der Waals surface area contributed by atoms with Gasteiger partial charge in [-0.1, -0.05) is 32.0 Å². The van der Waals surface area contributed by atoms with E-state index in [0.29, 0.717) is 5.56 Å². The first-order valence-electron chi connectivity index (χ1n) is 12.2. The Bertz CT molecular complexity index is 1230. The van der Waals surface area contributed by atoms with Crippen molar-refractivity contribution in [1.82, 2.24) is 20.9 Å². The summed E-state index contributed by atoms with van der Waals surface area (Å²) in [6, 6.07) is 1.77. The SMILES string of the molecule is CC(C)C(N)C(=O)NC(CC(N)=O)C(=O)NC(CCC(=O)O)C(=O)NC(Cc1c[nH]c2ccccc12)C(=O)O. The standard InChI is InChI=1S/C25H34N6O8/c1-12(2)21(27)24(37)30-17(10-19(26)32)23(36)29-16(7-8-20(33)34)22(35)31-18(25(38)39)9-13-11-28-15-6-4-3-5-14(13)15/h3-6,11-12,16-18,21,28H,7-10,27H2,1-2H3,(H2,26,32)(H,29,36)(H,30,37)(H,31,35)(H,33,34)(H,38,39). The summed E-state index contributed by atoms with van der Waals surface area (Å²) < 4.78 is 0. The number of rotatable bonds is 15. The van der Waals surface area contributed by atoms with Crippen LogP contribution < -0.4 is 27.4 Å². The van der Waals surface area contributed by atoms with Crippen LogP contribution in [0.2, 0.25) is 0 Å². The normalized spacial score (nSPS) is 14.2. The van der Waals surface area contributed by atoms with Gasteiger partial charge in [-0.15, -0.1) is 0 Å². The number of aromatic amines is 1. The maximum absolute atomic E-state index is 13.1. The topological polar surface area (TPSA) is 247 Å². The Kier molecular flexibility index (Phi) is 11.0. The maximum atomic E-state index is 13.1. The Hall–Kier alpha value is -4.46. The van der Waals surface area contributed by atoms with Crippen molar-refractivity contribution >= 4 is 46.5 Å². The number of nitrogens with two attached hydrogens (primary N) is 2. The molecule has 0 saturated carbocycles. The van der Waals surface area contributed by atoms with E-state index in [-0.39, 0.29) is 12.3 Å². The molecule has 39 heavy (non-hydrogen) atoms. The predicted molar refractivity (Wildman–Crippen MR) is 139 cm³/mol. The van der Waals surface area contributed by atoms with Crippen LogP contribution in [0.25, 0.3) is 10.9 Å². The van der Waals surface area contributed by atoms with E-state index in [1.807, 2.05) is 0 Å². The van der Waals surface area contributed by atoms with Crippen LogP contribution >= 0.6 is 0 Å². The third-order valence-electron chi connectivity index (χ3n) is 6.05. The lowest BCUT2D eigenvalue weighted by atomic mass is 10.0. The van der Waals surface area contributed by atoms with E-state index in [0.717, 1.165) is 10.9 Å². The molecule has 0 aliphatic heterocycles. The number of aromatic nitrogens is 1. The molecule has 1 heterocycles. The van der Waals surface area contributed by atoms with Gasteiger partial charge in [0.05, 0.1) is 12.5 Å². The van der Waals surface area contributed by atoms with Crippen molar-refractivity contribution < 1.29 is 39.0 Å². The number of carbonyl (C=O) groups is 6.